The summed E-state index contributed by atoms with van der Waals surface area (Å²) in [7, 11) is 0. The molecule has 90 valence electrons. The van der Waals surface area contributed by atoms with Crippen molar-refractivity contribution in [2.75, 3.05) is 0 Å². The summed E-state index contributed by atoms with van der Waals surface area (Å²) >= 11 is 0. The molecule has 0 bridgehead atoms. The number of aryl methyl sites for hydroxylation is 1. The average Bonchev–Trinajstić information content (AvgIpc) is 2.89. The van der Waals surface area contributed by atoms with Gasteiger partial charge in [-0.3, -0.25) is 4.68 Å². The highest BCUT2D eigenvalue weighted by Crippen LogP contribution is 2.32. The SMILES string of the molecule is CCCn1cc(C(O)CC2CCCC2)cn1. The molecule has 1 atom stereocenters. The van der Waals surface area contributed by atoms with Crippen LogP contribution in [-0.4, -0.2) is 14.9 Å². The second-order valence-electron chi connectivity index (χ2n) is 4.94. The van der Waals surface area contributed by atoms with Gasteiger partial charge in [0.1, 0.15) is 0 Å². The molecule has 1 saturated carbocycles. The minimum absolute atomic E-state index is 0.311. The van der Waals surface area contributed by atoms with E-state index in [-0.39, 0.29) is 6.10 Å². The van der Waals surface area contributed by atoms with Gasteiger partial charge in [-0.25, -0.2) is 0 Å². The lowest BCUT2D eigenvalue weighted by molar-refractivity contribution is 0.145. The Morgan fingerprint density at radius 2 is 2.25 bits per heavy atom. The second-order valence-corrected chi connectivity index (χ2v) is 4.94. The van der Waals surface area contributed by atoms with E-state index in [9.17, 15) is 5.11 Å². The number of aliphatic hydroxyl groups excluding tert-OH is 1. The summed E-state index contributed by atoms with van der Waals surface area (Å²) in [6.45, 7) is 3.08. The molecule has 1 heterocycles. The number of rotatable bonds is 5. The maximum absolute atomic E-state index is 10.1. The van der Waals surface area contributed by atoms with Crippen LogP contribution in [-0.2, 0) is 6.54 Å². The lowest BCUT2D eigenvalue weighted by Crippen LogP contribution is -2.03. The van der Waals surface area contributed by atoms with E-state index in [2.05, 4.69) is 12.0 Å². The third-order valence-corrected chi connectivity index (χ3v) is 3.52. The molecule has 16 heavy (non-hydrogen) atoms. The van der Waals surface area contributed by atoms with Gasteiger partial charge in [-0.1, -0.05) is 32.6 Å². The van der Waals surface area contributed by atoms with Crippen LogP contribution in [0.2, 0.25) is 0 Å². The maximum atomic E-state index is 10.1. The fraction of sp³-hybridized carbons (Fsp3) is 0.769. The van der Waals surface area contributed by atoms with E-state index < -0.39 is 0 Å². The molecule has 1 aliphatic rings. The monoisotopic (exact) mass is 222 g/mol. The van der Waals surface area contributed by atoms with Crippen molar-refractivity contribution in [2.24, 2.45) is 5.92 Å². The van der Waals surface area contributed by atoms with Crippen LogP contribution in [0.4, 0.5) is 0 Å². The molecule has 1 aromatic rings. The van der Waals surface area contributed by atoms with Gasteiger partial charge in [-0.05, 0) is 18.8 Å². The van der Waals surface area contributed by atoms with Gasteiger partial charge in [0, 0.05) is 18.3 Å². The summed E-state index contributed by atoms with van der Waals surface area (Å²) in [6.07, 6.45) is 10.8. The predicted molar refractivity (Wildman–Crippen MR) is 64.1 cm³/mol. The van der Waals surface area contributed by atoms with Crippen LogP contribution in [0.25, 0.3) is 0 Å². The molecule has 0 aromatic carbocycles. The fourth-order valence-corrected chi connectivity index (χ4v) is 2.60. The molecular weight excluding hydrogens is 200 g/mol. The first-order valence-corrected chi connectivity index (χ1v) is 6.50. The van der Waals surface area contributed by atoms with Gasteiger partial charge >= 0.3 is 0 Å². The number of hydrogen-bond donors (Lipinski definition) is 1. The van der Waals surface area contributed by atoms with Crippen LogP contribution in [0.1, 0.15) is 57.1 Å². The van der Waals surface area contributed by atoms with Crippen molar-refractivity contribution in [1.82, 2.24) is 9.78 Å². The number of aromatic nitrogens is 2. The fourth-order valence-electron chi connectivity index (χ4n) is 2.60. The number of hydrogen-bond acceptors (Lipinski definition) is 2. The Bertz CT molecular complexity index is 315. The minimum atomic E-state index is -0.311. The summed E-state index contributed by atoms with van der Waals surface area (Å²) in [6, 6.07) is 0. The predicted octanol–water partition coefficient (Wildman–Crippen LogP) is 2.91. The molecule has 1 N–H and O–H groups in total. The summed E-state index contributed by atoms with van der Waals surface area (Å²) in [5, 5.41) is 14.4. The highest BCUT2D eigenvalue weighted by molar-refractivity contribution is 5.08. The summed E-state index contributed by atoms with van der Waals surface area (Å²) in [4.78, 5) is 0. The summed E-state index contributed by atoms with van der Waals surface area (Å²) in [5.41, 5.74) is 0.986. The molecule has 1 aliphatic carbocycles. The highest BCUT2D eigenvalue weighted by atomic mass is 16.3. The lowest BCUT2D eigenvalue weighted by atomic mass is 9.97. The quantitative estimate of drug-likeness (QED) is 0.831. The van der Waals surface area contributed by atoms with Crippen molar-refractivity contribution >= 4 is 0 Å². The van der Waals surface area contributed by atoms with Gasteiger partial charge in [0.05, 0.1) is 12.3 Å². The van der Waals surface area contributed by atoms with E-state index >= 15 is 0 Å². The normalized spacial score (nSPS) is 19.1. The zero-order chi connectivity index (χ0) is 11.4. The molecule has 0 radical (unpaired) electrons. The Kier molecular flexibility index (Phi) is 3.99. The van der Waals surface area contributed by atoms with Gasteiger partial charge in [0.15, 0.2) is 0 Å². The van der Waals surface area contributed by atoms with Crippen molar-refractivity contribution in [3.05, 3.63) is 18.0 Å². The van der Waals surface area contributed by atoms with Crippen LogP contribution in [0, 0.1) is 5.92 Å². The zero-order valence-corrected chi connectivity index (χ0v) is 10.1. The molecule has 0 aliphatic heterocycles. The van der Waals surface area contributed by atoms with Crippen molar-refractivity contribution in [3.63, 3.8) is 0 Å². The van der Waals surface area contributed by atoms with Crippen LogP contribution >= 0.6 is 0 Å². The Balaban J connectivity index is 1.89. The topological polar surface area (TPSA) is 38.0 Å². The van der Waals surface area contributed by atoms with Gasteiger partial charge in [-0.2, -0.15) is 5.10 Å². The largest absolute Gasteiger partial charge is 0.388 e. The first kappa shape index (κ1) is 11.6. The highest BCUT2D eigenvalue weighted by Gasteiger charge is 2.20. The standard InChI is InChI=1S/C13H22N2O/c1-2-7-15-10-12(9-14-15)13(16)8-11-5-3-4-6-11/h9-11,13,16H,2-8H2,1H3. The molecule has 1 unspecified atom stereocenters. The number of nitrogens with zero attached hydrogens (tertiary/aromatic N) is 2. The van der Waals surface area contributed by atoms with E-state index in [1.54, 1.807) is 0 Å². The van der Waals surface area contributed by atoms with Gasteiger partial charge in [0.25, 0.3) is 0 Å². The summed E-state index contributed by atoms with van der Waals surface area (Å²) in [5.74, 6) is 0.726. The minimum Gasteiger partial charge on any atom is -0.388 e. The Morgan fingerprint density at radius 3 is 2.94 bits per heavy atom. The van der Waals surface area contributed by atoms with Gasteiger partial charge in [-0.15, -0.1) is 0 Å². The Labute approximate surface area is 97.5 Å². The Hall–Kier alpha value is -0.830. The van der Waals surface area contributed by atoms with Crippen molar-refractivity contribution in [3.8, 4) is 0 Å². The van der Waals surface area contributed by atoms with Gasteiger partial charge < -0.3 is 5.11 Å². The van der Waals surface area contributed by atoms with Crippen LogP contribution < -0.4 is 0 Å². The first-order chi connectivity index (χ1) is 7.79. The van der Waals surface area contributed by atoms with Crippen LogP contribution in [0.5, 0.6) is 0 Å². The molecule has 1 aromatic heterocycles. The first-order valence-electron chi connectivity index (χ1n) is 6.50. The van der Waals surface area contributed by atoms with E-state index in [1.165, 1.54) is 25.7 Å². The maximum Gasteiger partial charge on any atom is 0.0823 e. The van der Waals surface area contributed by atoms with Crippen molar-refractivity contribution in [2.45, 2.75) is 58.1 Å². The van der Waals surface area contributed by atoms with E-state index in [1.807, 2.05) is 17.1 Å². The van der Waals surface area contributed by atoms with Crippen molar-refractivity contribution < 1.29 is 5.11 Å². The molecule has 3 nitrogen and oxygen atoms in total. The van der Waals surface area contributed by atoms with Crippen LogP contribution in [0.15, 0.2) is 12.4 Å². The molecule has 2 rings (SSSR count). The smallest absolute Gasteiger partial charge is 0.0823 e. The van der Waals surface area contributed by atoms with E-state index in [0.717, 1.165) is 30.9 Å². The molecule has 0 amide bonds. The molecular formula is C13H22N2O. The zero-order valence-electron chi connectivity index (χ0n) is 10.1. The van der Waals surface area contributed by atoms with E-state index in [4.69, 9.17) is 0 Å². The average molecular weight is 222 g/mol. The molecule has 0 saturated heterocycles. The van der Waals surface area contributed by atoms with Crippen molar-refractivity contribution in [1.29, 1.82) is 0 Å². The third-order valence-electron chi connectivity index (χ3n) is 3.52. The van der Waals surface area contributed by atoms with E-state index in [0.29, 0.717) is 0 Å². The molecule has 3 heteroatoms. The second kappa shape index (κ2) is 5.48. The third kappa shape index (κ3) is 2.85. The molecule has 1 fully saturated rings. The lowest BCUT2D eigenvalue weighted by Gasteiger charge is -2.13. The number of aliphatic hydroxyl groups is 1. The summed E-state index contributed by atoms with van der Waals surface area (Å²) < 4.78 is 1.92. The molecule has 0 spiro atoms. The van der Waals surface area contributed by atoms with Gasteiger partial charge in [0.2, 0.25) is 0 Å². The van der Waals surface area contributed by atoms with Crippen LogP contribution in [0.3, 0.4) is 0 Å². The Morgan fingerprint density at radius 1 is 1.50 bits per heavy atom.